The fourth-order valence-electron chi connectivity index (χ4n) is 1.08. The minimum absolute atomic E-state index is 0.354. The van der Waals surface area contributed by atoms with E-state index in [1.807, 2.05) is 0 Å². The highest BCUT2D eigenvalue weighted by molar-refractivity contribution is 7.99. The van der Waals surface area contributed by atoms with Crippen molar-refractivity contribution in [3.05, 3.63) is 28.2 Å². The third-order valence-electron chi connectivity index (χ3n) is 1.99. The van der Waals surface area contributed by atoms with Crippen molar-refractivity contribution in [2.75, 3.05) is 18.1 Å². The Labute approximate surface area is 119 Å². The van der Waals surface area contributed by atoms with E-state index in [1.54, 1.807) is 18.2 Å². The Balaban J connectivity index is 2.24. The second-order valence-electron chi connectivity index (χ2n) is 3.44. The zero-order valence-electron chi connectivity index (χ0n) is 9.44. The van der Waals surface area contributed by atoms with Crippen molar-refractivity contribution in [1.29, 1.82) is 0 Å². The quantitative estimate of drug-likeness (QED) is 0.757. The summed E-state index contributed by atoms with van der Waals surface area (Å²) in [6, 6.07) is 4.15. The summed E-state index contributed by atoms with van der Waals surface area (Å²) in [7, 11) is 0. The number of aliphatic carboxylic acids is 1. The Morgan fingerprint density at radius 2 is 2.22 bits per heavy atom. The van der Waals surface area contributed by atoms with Crippen molar-refractivity contribution in [3.8, 4) is 5.75 Å². The highest BCUT2D eigenvalue weighted by Crippen LogP contribution is 2.27. The Bertz CT molecular complexity index is 417. The van der Waals surface area contributed by atoms with Gasteiger partial charge in [0.1, 0.15) is 11.8 Å². The Kier molecular flexibility index (Phi) is 6.63. The molecule has 0 amide bonds. The molecule has 0 aliphatic rings. The van der Waals surface area contributed by atoms with Crippen molar-refractivity contribution >= 4 is 40.9 Å². The molecule has 0 bridgehead atoms. The van der Waals surface area contributed by atoms with E-state index in [4.69, 9.17) is 38.8 Å². The Morgan fingerprint density at radius 3 is 2.83 bits per heavy atom. The lowest BCUT2D eigenvalue weighted by molar-refractivity contribution is -0.137. The summed E-state index contributed by atoms with van der Waals surface area (Å²) in [5.74, 6) is 0.556. The van der Waals surface area contributed by atoms with Gasteiger partial charge in [-0.15, -0.1) is 0 Å². The molecule has 4 nitrogen and oxygen atoms in total. The van der Waals surface area contributed by atoms with Crippen LogP contribution in [-0.2, 0) is 4.79 Å². The van der Waals surface area contributed by atoms with E-state index >= 15 is 0 Å². The number of thioether (sulfide) groups is 1. The van der Waals surface area contributed by atoms with Gasteiger partial charge in [-0.3, -0.25) is 4.79 Å². The second kappa shape index (κ2) is 7.74. The van der Waals surface area contributed by atoms with Crippen LogP contribution in [0.4, 0.5) is 0 Å². The molecule has 18 heavy (non-hydrogen) atoms. The molecule has 1 rings (SSSR count). The molecule has 1 atom stereocenters. The SMILES string of the molecule is N[C@H](CSCCOc1ccc(Cl)cc1Cl)C(=O)O. The molecule has 100 valence electrons. The van der Waals surface area contributed by atoms with E-state index in [0.717, 1.165) is 0 Å². The highest BCUT2D eigenvalue weighted by atomic mass is 35.5. The number of halogens is 2. The zero-order valence-corrected chi connectivity index (χ0v) is 11.8. The summed E-state index contributed by atoms with van der Waals surface area (Å²) in [6.45, 7) is 0.429. The molecule has 0 radical (unpaired) electrons. The van der Waals surface area contributed by atoms with E-state index in [9.17, 15) is 4.79 Å². The van der Waals surface area contributed by atoms with Crippen LogP contribution in [0.1, 0.15) is 0 Å². The van der Waals surface area contributed by atoms with Gasteiger partial charge in [-0.05, 0) is 18.2 Å². The minimum Gasteiger partial charge on any atom is -0.491 e. The van der Waals surface area contributed by atoms with Gasteiger partial charge in [-0.2, -0.15) is 11.8 Å². The number of benzene rings is 1. The largest absolute Gasteiger partial charge is 0.491 e. The molecular weight excluding hydrogens is 297 g/mol. The van der Waals surface area contributed by atoms with Crippen LogP contribution in [0.2, 0.25) is 10.0 Å². The van der Waals surface area contributed by atoms with Gasteiger partial charge < -0.3 is 15.6 Å². The number of carboxylic acid groups (broad SMARTS) is 1. The van der Waals surface area contributed by atoms with Gasteiger partial charge in [0.15, 0.2) is 0 Å². The molecule has 1 aromatic carbocycles. The number of ether oxygens (including phenoxy) is 1. The summed E-state index contributed by atoms with van der Waals surface area (Å²) >= 11 is 13.1. The third-order valence-corrected chi connectivity index (χ3v) is 3.57. The van der Waals surface area contributed by atoms with Crippen molar-refractivity contribution in [3.63, 3.8) is 0 Å². The average molecular weight is 310 g/mol. The molecule has 0 aliphatic heterocycles. The van der Waals surface area contributed by atoms with E-state index < -0.39 is 12.0 Å². The summed E-state index contributed by atoms with van der Waals surface area (Å²) in [6.07, 6.45) is 0. The van der Waals surface area contributed by atoms with Crippen LogP contribution in [0, 0.1) is 0 Å². The van der Waals surface area contributed by atoms with Crippen molar-refractivity contribution in [2.45, 2.75) is 6.04 Å². The smallest absolute Gasteiger partial charge is 0.321 e. The van der Waals surface area contributed by atoms with E-state index in [1.165, 1.54) is 11.8 Å². The van der Waals surface area contributed by atoms with E-state index in [0.29, 0.717) is 33.9 Å². The number of rotatable bonds is 7. The lowest BCUT2D eigenvalue weighted by Crippen LogP contribution is -2.32. The molecule has 0 heterocycles. The monoisotopic (exact) mass is 309 g/mol. The molecule has 0 aliphatic carbocycles. The molecule has 0 aromatic heterocycles. The number of hydrogen-bond donors (Lipinski definition) is 2. The van der Waals surface area contributed by atoms with Gasteiger partial charge in [0.2, 0.25) is 0 Å². The van der Waals surface area contributed by atoms with Crippen LogP contribution in [0.15, 0.2) is 18.2 Å². The van der Waals surface area contributed by atoms with Crippen LogP contribution in [0.5, 0.6) is 5.75 Å². The summed E-state index contributed by atoms with van der Waals surface area (Å²) < 4.78 is 5.43. The summed E-state index contributed by atoms with van der Waals surface area (Å²) in [4.78, 5) is 10.5. The highest BCUT2D eigenvalue weighted by Gasteiger charge is 2.10. The van der Waals surface area contributed by atoms with Crippen molar-refractivity contribution in [1.82, 2.24) is 0 Å². The Morgan fingerprint density at radius 1 is 1.50 bits per heavy atom. The number of nitrogens with two attached hydrogens (primary N) is 1. The van der Waals surface area contributed by atoms with Gasteiger partial charge in [-0.25, -0.2) is 0 Å². The minimum atomic E-state index is -0.996. The third kappa shape index (κ3) is 5.35. The fourth-order valence-corrected chi connectivity index (χ4v) is 2.31. The average Bonchev–Trinajstić information content (AvgIpc) is 2.30. The van der Waals surface area contributed by atoms with Gasteiger partial charge in [0.25, 0.3) is 0 Å². The predicted octanol–water partition coefficient (Wildman–Crippen LogP) is 2.52. The lowest BCUT2D eigenvalue weighted by Gasteiger charge is -2.09. The normalized spacial score (nSPS) is 12.2. The second-order valence-corrected chi connectivity index (χ2v) is 5.44. The number of carbonyl (C=O) groups is 1. The molecule has 0 spiro atoms. The molecule has 1 aromatic rings. The molecular formula is C11H13Cl2NO3S. The topological polar surface area (TPSA) is 72.5 Å². The van der Waals surface area contributed by atoms with Gasteiger partial charge in [0, 0.05) is 16.5 Å². The molecule has 0 saturated heterocycles. The van der Waals surface area contributed by atoms with Crippen molar-refractivity contribution < 1.29 is 14.6 Å². The Hall–Kier alpha value is -0.620. The van der Waals surface area contributed by atoms with Crippen LogP contribution >= 0.6 is 35.0 Å². The van der Waals surface area contributed by atoms with Crippen molar-refractivity contribution in [2.24, 2.45) is 5.73 Å². The van der Waals surface area contributed by atoms with Gasteiger partial charge in [-0.1, -0.05) is 23.2 Å². The summed E-state index contributed by atoms with van der Waals surface area (Å²) in [5.41, 5.74) is 5.35. The molecule has 3 N–H and O–H groups in total. The van der Waals surface area contributed by atoms with E-state index in [-0.39, 0.29) is 0 Å². The maximum absolute atomic E-state index is 10.5. The predicted molar refractivity (Wildman–Crippen MR) is 74.9 cm³/mol. The van der Waals surface area contributed by atoms with Crippen LogP contribution < -0.4 is 10.5 Å². The van der Waals surface area contributed by atoms with E-state index in [2.05, 4.69) is 0 Å². The number of carboxylic acids is 1. The van der Waals surface area contributed by atoms with Crippen LogP contribution in [0.25, 0.3) is 0 Å². The van der Waals surface area contributed by atoms with Crippen LogP contribution in [0.3, 0.4) is 0 Å². The van der Waals surface area contributed by atoms with Crippen LogP contribution in [-0.4, -0.2) is 35.2 Å². The standard InChI is InChI=1S/C11H13Cl2NO3S/c12-7-1-2-10(8(13)5-7)17-3-4-18-6-9(14)11(15)16/h1-2,5,9H,3-4,6,14H2,(H,15,16)/t9-/m1/s1. The number of hydrogen-bond acceptors (Lipinski definition) is 4. The first-order valence-corrected chi connectivity index (χ1v) is 7.05. The molecule has 0 unspecified atom stereocenters. The first kappa shape index (κ1) is 15.4. The lowest BCUT2D eigenvalue weighted by atomic mass is 10.3. The first-order chi connectivity index (χ1) is 8.50. The first-order valence-electron chi connectivity index (χ1n) is 5.14. The molecule has 7 heteroatoms. The fraction of sp³-hybridized carbons (Fsp3) is 0.364. The summed E-state index contributed by atoms with van der Waals surface area (Å²) in [5, 5.41) is 9.58. The molecule has 0 fully saturated rings. The van der Waals surface area contributed by atoms with Gasteiger partial charge >= 0.3 is 5.97 Å². The maximum atomic E-state index is 10.5. The maximum Gasteiger partial charge on any atom is 0.321 e. The van der Waals surface area contributed by atoms with Gasteiger partial charge in [0.05, 0.1) is 11.6 Å². The molecule has 0 saturated carbocycles. The zero-order chi connectivity index (χ0) is 13.5.